The molecule has 0 bridgehead atoms. The zero-order valence-electron chi connectivity index (χ0n) is 9.31. The van der Waals surface area contributed by atoms with Crippen molar-refractivity contribution in [3.05, 3.63) is 0 Å². The van der Waals surface area contributed by atoms with Crippen LogP contribution in [0.25, 0.3) is 0 Å². The van der Waals surface area contributed by atoms with Crippen LogP contribution in [0.2, 0.25) is 0 Å². The molecule has 0 aliphatic carbocycles. The van der Waals surface area contributed by atoms with Crippen molar-refractivity contribution < 1.29 is 66.6 Å². The largest absolute Gasteiger partial charge is 0.460 e. The minimum absolute atomic E-state index is 1.95. The number of carbonyl (C=O) groups is 1. The van der Waals surface area contributed by atoms with E-state index >= 15 is 0 Å². The summed E-state index contributed by atoms with van der Waals surface area (Å²) in [5.41, 5.74) is -7.87. The molecule has 0 fully saturated rings. The number of ether oxygens (including phenoxy) is 1. The van der Waals surface area contributed by atoms with Gasteiger partial charge in [-0.05, 0) is 0 Å². The molecule has 15 heteroatoms. The molecule has 0 amide bonds. The van der Waals surface area contributed by atoms with Crippen molar-refractivity contribution in [2.75, 3.05) is 0 Å². The minimum atomic E-state index is -7.87. The lowest BCUT2D eigenvalue weighted by atomic mass is 9.88. The first-order valence-electron chi connectivity index (χ1n) is 4.38. The Morgan fingerprint density at radius 2 is 0.909 bits per heavy atom. The average molecular weight is 364 g/mol. The monoisotopic (exact) mass is 364 g/mol. The Morgan fingerprint density at radius 3 is 1.09 bits per heavy atom. The van der Waals surface area contributed by atoms with E-state index in [1.807, 2.05) is 4.74 Å². The minimum Gasteiger partial charge on any atom is -0.421 e. The standard InChI is InChI=1S/C7HF13O2/c8-2(5(12,13)14,6(15,16)17)4(11,22-1-21)3(9,10)7(18,19)20/h1H. The summed E-state index contributed by atoms with van der Waals surface area (Å²) in [5, 5.41) is 0. The fraction of sp³-hybridized carbons (Fsp3) is 0.857. The van der Waals surface area contributed by atoms with E-state index in [2.05, 4.69) is 0 Å². The van der Waals surface area contributed by atoms with Crippen molar-refractivity contribution in [1.29, 1.82) is 0 Å². The molecule has 0 saturated heterocycles. The van der Waals surface area contributed by atoms with E-state index in [1.54, 1.807) is 0 Å². The van der Waals surface area contributed by atoms with Gasteiger partial charge in [0.15, 0.2) is 0 Å². The summed E-state index contributed by atoms with van der Waals surface area (Å²) in [6, 6.07) is 0. The first-order valence-corrected chi connectivity index (χ1v) is 4.38. The molecular formula is C7HF13O2. The van der Waals surface area contributed by atoms with Gasteiger partial charge in [-0.15, -0.1) is 0 Å². The maximum absolute atomic E-state index is 13.4. The van der Waals surface area contributed by atoms with Crippen LogP contribution in [0.4, 0.5) is 57.1 Å². The summed E-state index contributed by atoms with van der Waals surface area (Å²) in [6.45, 7) is -1.95. The predicted molar refractivity (Wildman–Crippen MR) is 37.9 cm³/mol. The quantitative estimate of drug-likeness (QED) is 0.560. The van der Waals surface area contributed by atoms with Gasteiger partial charge in [-0.2, -0.15) is 52.7 Å². The Morgan fingerprint density at radius 1 is 0.591 bits per heavy atom. The van der Waals surface area contributed by atoms with Crippen molar-refractivity contribution in [3.8, 4) is 0 Å². The summed E-state index contributed by atoms with van der Waals surface area (Å²) in [4.78, 5) is 9.63. The van der Waals surface area contributed by atoms with Gasteiger partial charge in [0.1, 0.15) is 0 Å². The second kappa shape index (κ2) is 5.04. The van der Waals surface area contributed by atoms with Gasteiger partial charge in [-0.3, -0.25) is 4.79 Å². The maximum Gasteiger partial charge on any atom is 0.460 e. The van der Waals surface area contributed by atoms with Crippen LogP contribution in [0, 0.1) is 0 Å². The van der Waals surface area contributed by atoms with Crippen LogP contribution < -0.4 is 0 Å². The van der Waals surface area contributed by atoms with E-state index in [4.69, 9.17) is 0 Å². The molecular weight excluding hydrogens is 363 g/mol. The second-order valence-corrected chi connectivity index (χ2v) is 3.54. The molecule has 1 unspecified atom stereocenters. The van der Waals surface area contributed by atoms with Crippen LogP contribution >= 0.6 is 0 Å². The molecule has 1 atom stereocenters. The molecule has 0 aromatic carbocycles. The first-order chi connectivity index (χ1) is 9.31. The highest BCUT2D eigenvalue weighted by Crippen LogP contribution is 2.61. The fourth-order valence-electron chi connectivity index (χ4n) is 1.15. The van der Waals surface area contributed by atoms with Crippen molar-refractivity contribution in [3.63, 3.8) is 0 Å². The summed E-state index contributed by atoms with van der Waals surface area (Å²) >= 11 is 0. The Kier molecular flexibility index (Phi) is 4.71. The van der Waals surface area contributed by atoms with E-state index in [0.29, 0.717) is 0 Å². The van der Waals surface area contributed by atoms with Gasteiger partial charge in [0.05, 0.1) is 0 Å². The van der Waals surface area contributed by atoms with Gasteiger partial charge >= 0.3 is 36.0 Å². The lowest BCUT2D eigenvalue weighted by molar-refractivity contribution is -0.470. The van der Waals surface area contributed by atoms with Crippen LogP contribution in [-0.4, -0.2) is 42.4 Å². The molecule has 0 aromatic rings. The van der Waals surface area contributed by atoms with Crippen LogP contribution in [0.5, 0.6) is 0 Å². The Hall–Kier alpha value is -1.44. The Labute approximate surface area is 110 Å². The maximum atomic E-state index is 13.4. The van der Waals surface area contributed by atoms with Gasteiger partial charge in [-0.1, -0.05) is 0 Å². The fourth-order valence-corrected chi connectivity index (χ4v) is 1.15. The van der Waals surface area contributed by atoms with Crippen LogP contribution in [0.3, 0.4) is 0 Å². The third kappa shape index (κ3) is 2.53. The number of hydrogen-bond acceptors (Lipinski definition) is 2. The Balaban J connectivity index is 6.75. The number of rotatable bonds is 4. The van der Waals surface area contributed by atoms with Gasteiger partial charge in [0.2, 0.25) is 0 Å². The van der Waals surface area contributed by atoms with Gasteiger partial charge in [-0.25, -0.2) is 4.39 Å². The molecule has 0 heterocycles. The van der Waals surface area contributed by atoms with E-state index < -0.39 is 42.4 Å². The van der Waals surface area contributed by atoms with E-state index in [-0.39, 0.29) is 0 Å². The summed E-state index contributed by atoms with van der Waals surface area (Å²) in [7, 11) is 0. The predicted octanol–water partition coefficient (Wildman–Crippen LogP) is 3.86. The molecule has 2 nitrogen and oxygen atoms in total. The molecule has 0 rings (SSSR count). The van der Waals surface area contributed by atoms with Crippen LogP contribution in [0.1, 0.15) is 0 Å². The number of halogens is 13. The smallest absolute Gasteiger partial charge is 0.421 e. The molecule has 0 aliphatic rings. The van der Waals surface area contributed by atoms with Crippen molar-refractivity contribution in [1.82, 2.24) is 0 Å². The molecule has 0 spiro atoms. The van der Waals surface area contributed by atoms with Gasteiger partial charge < -0.3 is 4.74 Å². The van der Waals surface area contributed by atoms with E-state index in [9.17, 15) is 61.9 Å². The third-order valence-corrected chi connectivity index (χ3v) is 2.19. The molecule has 132 valence electrons. The lowest BCUT2D eigenvalue weighted by Gasteiger charge is -2.42. The first kappa shape index (κ1) is 20.6. The summed E-state index contributed by atoms with van der Waals surface area (Å²) in [5.74, 6) is -15.2. The number of alkyl halides is 13. The molecule has 22 heavy (non-hydrogen) atoms. The number of hydrogen-bond donors (Lipinski definition) is 0. The van der Waals surface area contributed by atoms with Crippen molar-refractivity contribution in [2.45, 2.75) is 36.0 Å². The molecule has 0 aromatic heterocycles. The topological polar surface area (TPSA) is 26.3 Å². The van der Waals surface area contributed by atoms with E-state index in [1.165, 1.54) is 0 Å². The van der Waals surface area contributed by atoms with Crippen LogP contribution in [-0.2, 0) is 9.53 Å². The van der Waals surface area contributed by atoms with Crippen molar-refractivity contribution in [2.24, 2.45) is 0 Å². The van der Waals surface area contributed by atoms with Crippen LogP contribution in [0.15, 0.2) is 0 Å². The molecule has 0 N–H and O–H groups in total. The zero-order chi connectivity index (χ0) is 18.4. The Bertz CT molecular complexity index is 404. The highest BCUT2D eigenvalue weighted by Gasteiger charge is 2.94. The highest BCUT2D eigenvalue weighted by molar-refractivity contribution is 5.40. The molecule has 0 aliphatic heterocycles. The third-order valence-electron chi connectivity index (χ3n) is 2.19. The highest BCUT2D eigenvalue weighted by atomic mass is 19.4. The van der Waals surface area contributed by atoms with E-state index in [0.717, 1.165) is 0 Å². The summed E-state index contributed by atoms with van der Waals surface area (Å²) < 4.78 is 162. The van der Waals surface area contributed by atoms with Gasteiger partial charge in [0, 0.05) is 0 Å². The normalized spacial score (nSPS) is 17.9. The molecule has 0 radical (unpaired) electrons. The zero-order valence-corrected chi connectivity index (χ0v) is 9.31. The average Bonchev–Trinajstić information content (AvgIpc) is 2.22. The summed E-state index contributed by atoms with van der Waals surface area (Å²) in [6.07, 6.45) is -22.8. The van der Waals surface area contributed by atoms with Gasteiger partial charge in [0.25, 0.3) is 6.47 Å². The SMILES string of the molecule is O=COC(F)(C(F)(F)C(F)(F)F)C(F)(C(F)(F)F)C(F)(F)F. The second-order valence-electron chi connectivity index (χ2n) is 3.54. The number of carbonyl (C=O) groups excluding carboxylic acids is 1. The van der Waals surface area contributed by atoms with Crippen molar-refractivity contribution >= 4 is 6.47 Å². The lowest BCUT2D eigenvalue weighted by Crippen LogP contribution is -2.75. The molecule has 0 saturated carbocycles.